The summed E-state index contributed by atoms with van der Waals surface area (Å²) in [5.41, 5.74) is 6.81. The average Bonchev–Trinajstić information content (AvgIpc) is 3.19. The maximum atomic E-state index is 11.9. The second-order valence-electron chi connectivity index (χ2n) is 10.4. The summed E-state index contributed by atoms with van der Waals surface area (Å²) in [5.74, 6) is 0. The first-order chi connectivity index (χ1) is 16.7. The first kappa shape index (κ1) is 28.6. The number of rotatable bonds is 4. The number of nitrogens with one attached hydrogen (secondary N) is 2. The van der Waals surface area contributed by atoms with Crippen LogP contribution >= 0.6 is 0 Å². The minimum Gasteiger partial charge on any atom is -0.444 e. The fraction of sp³-hybridized carbons (Fsp3) is 0.444. The van der Waals surface area contributed by atoms with Gasteiger partial charge in [-0.25, -0.2) is 19.3 Å². The third-order valence-electron chi connectivity index (χ3n) is 4.82. The van der Waals surface area contributed by atoms with Gasteiger partial charge < -0.3 is 25.8 Å². The number of amides is 4. The van der Waals surface area contributed by atoms with Crippen molar-refractivity contribution >= 4 is 18.2 Å². The Hall–Kier alpha value is -3.59. The third-order valence-corrected chi connectivity index (χ3v) is 4.82. The Morgan fingerprint density at radius 3 is 2.03 bits per heavy atom. The molecule has 0 spiro atoms. The molecule has 196 valence electrons. The molecule has 0 radical (unpaired) electrons. The van der Waals surface area contributed by atoms with Gasteiger partial charge in [-0.2, -0.15) is 0 Å². The predicted molar refractivity (Wildman–Crippen MR) is 138 cm³/mol. The highest BCUT2D eigenvalue weighted by molar-refractivity contribution is 5.93. The zero-order valence-corrected chi connectivity index (χ0v) is 21.9. The number of nitrogens with zero attached hydrogens (tertiary/aromatic N) is 1. The number of urea groups is 1. The third kappa shape index (κ3) is 9.95. The van der Waals surface area contributed by atoms with E-state index in [2.05, 4.69) is 10.6 Å². The summed E-state index contributed by atoms with van der Waals surface area (Å²) < 4.78 is 10.3. The van der Waals surface area contributed by atoms with E-state index in [1.807, 2.05) is 81.4 Å². The number of hydrogen-bond donors (Lipinski definition) is 3. The van der Waals surface area contributed by atoms with Gasteiger partial charge >= 0.3 is 18.2 Å². The van der Waals surface area contributed by atoms with E-state index < -0.39 is 29.4 Å². The van der Waals surface area contributed by atoms with Gasteiger partial charge in [0.15, 0.2) is 0 Å². The van der Waals surface area contributed by atoms with Crippen LogP contribution < -0.4 is 16.4 Å². The van der Waals surface area contributed by atoms with Crippen LogP contribution in [0.2, 0.25) is 0 Å². The fourth-order valence-corrected chi connectivity index (χ4v) is 3.21. The lowest BCUT2D eigenvalue weighted by molar-refractivity contribution is 0.0348. The first-order valence-electron chi connectivity index (χ1n) is 11.9. The Balaban J connectivity index is 0.000000255. The van der Waals surface area contributed by atoms with E-state index in [1.54, 1.807) is 20.8 Å². The lowest BCUT2D eigenvalue weighted by atomic mass is 10.1. The zero-order chi connectivity index (χ0) is 26.9. The number of carbonyl (C=O) groups excluding carboxylic acids is 3. The summed E-state index contributed by atoms with van der Waals surface area (Å²) in [6.45, 7) is 11.4. The Bertz CT molecular complexity index is 1000. The van der Waals surface area contributed by atoms with Crippen molar-refractivity contribution in [2.24, 2.45) is 5.73 Å². The van der Waals surface area contributed by atoms with Crippen molar-refractivity contribution < 1.29 is 23.9 Å². The molecule has 9 nitrogen and oxygen atoms in total. The summed E-state index contributed by atoms with van der Waals surface area (Å²) in [4.78, 5) is 36.2. The molecule has 2 unspecified atom stereocenters. The van der Waals surface area contributed by atoms with Crippen molar-refractivity contribution in [2.45, 2.75) is 64.8 Å². The first-order valence-corrected chi connectivity index (χ1v) is 11.9. The quantitative estimate of drug-likeness (QED) is 0.551. The monoisotopic (exact) mass is 498 g/mol. The van der Waals surface area contributed by atoms with E-state index >= 15 is 0 Å². The highest BCUT2D eigenvalue weighted by atomic mass is 16.6. The van der Waals surface area contributed by atoms with Crippen molar-refractivity contribution in [2.75, 3.05) is 13.1 Å². The molecular formula is C27H38N4O5. The summed E-state index contributed by atoms with van der Waals surface area (Å²) in [6, 6.07) is 18.4. The van der Waals surface area contributed by atoms with Crippen LogP contribution in [0.3, 0.4) is 0 Å². The molecular weight excluding hydrogens is 460 g/mol. The second-order valence-corrected chi connectivity index (χ2v) is 10.4. The largest absolute Gasteiger partial charge is 0.444 e. The van der Waals surface area contributed by atoms with E-state index in [0.717, 1.165) is 16.0 Å². The van der Waals surface area contributed by atoms with Crippen LogP contribution in [0.1, 0.15) is 64.8 Å². The molecule has 36 heavy (non-hydrogen) atoms. The van der Waals surface area contributed by atoms with Gasteiger partial charge in [0.25, 0.3) is 0 Å². The number of hydrogen-bond acceptors (Lipinski definition) is 6. The number of ether oxygens (including phenoxy) is 2. The molecule has 1 fully saturated rings. The summed E-state index contributed by atoms with van der Waals surface area (Å²) >= 11 is 0. The molecule has 4 N–H and O–H groups in total. The number of imide groups is 1. The molecule has 0 aliphatic carbocycles. The van der Waals surface area contributed by atoms with Gasteiger partial charge in [-0.15, -0.1) is 0 Å². The fourth-order valence-electron chi connectivity index (χ4n) is 3.21. The molecule has 0 aromatic heterocycles. The summed E-state index contributed by atoms with van der Waals surface area (Å²) in [7, 11) is 0. The minimum atomic E-state index is -0.609. The highest BCUT2D eigenvalue weighted by Crippen LogP contribution is 2.22. The van der Waals surface area contributed by atoms with Crippen molar-refractivity contribution in [3.63, 3.8) is 0 Å². The van der Waals surface area contributed by atoms with E-state index in [0.29, 0.717) is 6.54 Å². The van der Waals surface area contributed by atoms with Crippen LogP contribution in [-0.2, 0) is 9.47 Å². The standard InChI is InChI=1S/C14H18N2O3.C13H20N2O2/c1-14(2,3)19-13(18)16-9-11(15-12(16)17)10-7-5-4-6-8-10;1-13(2,3)17-12(16)15-9-11(14)10-7-5-4-6-8-10/h4-8,11H,9H2,1-3H3,(H,15,17);4-8,11H,9,14H2,1-3H3,(H,15,16). The van der Waals surface area contributed by atoms with Gasteiger partial charge in [-0.05, 0) is 52.7 Å². The minimum absolute atomic E-state index is 0.179. The summed E-state index contributed by atoms with van der Waals surface area (Å²) in [6.07, 6.45) is -1.05. The molecule has 0 bridgehead atoms. The molecule has 9 heteroatoms. The van der Waals surface area contributed by atoms with Crippen LogP contribution in [0, 0.1) is 0 Å². The number of alkyl carbamates (subject to hydrolysis) is 1. The molecule has 1 heterocycles. The molecule has 2 aromatic rings. The lowest BCUT2D eigenvalue weighted by Crippen LogP contribution is -2.38. The Morgan fingerprint density at radius 1 is 0.972 bits per heavy atom. The molecule has 2 atom stereocenters. The van der Waals surface area contributed by atoms with Crippen LogP contribution in [0.4, 0.5) is 14.4 Å². The Kier molecular flexibility index (Phi) is 9.86. The normalized spacial score (nSPS) is 16.2. The molecule has 2 aromatic carbocycles. The number of carbonyl (C=O) groups is 3. The number of nitrogens with two attached hydrogens (primary N) is 1. The average molecular weight is 499 g/mol. The predicted octanol–water partition coefficient (Wildman–Crippen LogP) is 4.90. The van der Waals surface area contributed by atoms with Crippen molar-refractivity contribution in [1.82, 2.24) is 15.5 Å². The van der Waals surface area contributed by atoms with Gasteiger partial charge in [-0.1, -0.05) is 60.7 Å². The van der Waals surface area contributed by atoms with E-state index in [9.17, 15) is 14.4 Å². The SMILES string of the molecule is CC(C)(C)OC(=O)N1CC(c2ccccc2)NC1=O.CC(C)(C)OC(=O)NCC(N)c1ccccc1. The maximum absolute atomic E-state index is 11.9. The molecule has 1 saturated heterocycles. The van der Waals surface area contributed by atoms with Crippen LogP contribution in [0.5, 0.6) is 0 Å². The zero-order valence-electron chi connectivity index (χ0n) is 21.9. The van der Waals surface area contributed by atoms with Crippen LogP contribution in [0.25, 0.3) is 0 Å². The topological polar surface area (TPSA) is 123 Å². The maximum Gasteiger partial charge on any atom is 0.418 e. The van der Waals surface area contributed by atoms with Crippen LogP contribution in [-0.4, -0.2) is 47.4 Å². The smallest absolute Gasteiger partial charge is 0.418 e. The van der Waals surface area contributed by atoms with E-state index in [-0.39, 0.29) is 18.6 Å². The lowest BCUT2D eigenvalue weighted by Gasteiger charge is -2.22. The van der Waals surface area contributed by atoms with Crippen LogP contribution in [0.15, 0.2) is 60.7 Å². The van der Waals surface area contributed by atoms with Crippen molar-refractivity contribution in [3.8, 4) is 0 Å². The second kappa shape index (κ2) is 12.4. The molecule has 1 aliphatic heterocycles. The van der Waals surface area contributed by atoms with Gasteiger partial charge in [0.2, 0.25) is 0 Å². The van der Waals surface area contributed by atoms with Crippen molar-refractivity contribution in [1.29, 1.82) is 0 Å². The van der Waals surface area contributed by atoms with Gasteiger partial charge in [0.05, 0.1) is 12.6 Å². The van der Waals surface area contributed by atoms with Gasteiger partial charge in [0.1, 0.15) is 11.2 Å². The van der Waals surface area contributed by atoms with Gasteiger partial charge in [-0.3, -0.25) is 0 Å². The molecule has 4 amide bonds. The highest BCUT2D eigenvalue weighted by Gasteiger charge is 2.36. The van der Waals surface area contributed by atoms with E-state index in [1.165, 1.54) is 0 Å². The summed E-state index contributed by atoms with van der Waals surface area (Å²) in [5, 5.41) is 5.42. The molecule has 3 rings (SSSR count). The Morgan fingerprint density at radius 2 is 1.50 bits per heavy atom. The van der Waals surface area contributed by atoms with Gasteiger partial charge in [0, 0.05) is 12.6 Å². The van der Waals surface area contributed by atoms with E-state index in [4.69, 9.17) is 15.2 Å². The Labute approximate surface area is 213 Å². The molecule has 1 aliphatic rings. The molecule has 0 saturated carbocycles. The number of benzene rings is 2. The van der Waals surface area contributed by atoms with Crippen molar-refractivity contribution in [3.05, 3.63) is 71.8 Å².